The molecule has 0 saturated heterocycles. The third kappa shape index (κ3) is 2.85. The van der Waals surface area contributed by atoms with Gasteiger partial charge < -0.3 is 5.11 Å². The fourth-order valence-corrected chi connectivity index (χ4v) is 2.39. The summed E-state index contributed by atoms with van der Waals surface area (Å²) in [7, 11) is 0. The number of aryl methyl sites for hydroxylation is 1. The van der Waals surface area contributed by atoms with Gasteiger partial charge in [0.15, 0.2) is 0 Å². The first kappa shape index (κ1) is 13.0. The molecule has 1 aliphatic rings. The molecule has 2 N–H and O–H groups in total. The molecule has 5 heteroatoms. The highest BCUT2D eigenvalue weighted by atomic mass is 16.4. The number of rotatable bonds is 4. The quantitative estimate of drug-likeness (QED) is 0.848. The second-order valence-electron chi connectivity index (χ2n) is 4.95. The second kappa shape index (κ2) is 5.44. The van der Waals surface area contributed by atoms with Gasteiger partial charge in [0.1, 0.15) is 5.54 Å². The van der Waals surface area contributed by atoms with Crippen LogP contribution in [-0.2, 0) is 11.3 Å². The van der Waals surface area contributed by atoms with Gasteiger partial charge >= 0.3 is 5.97 Å². The fraction of sp³-hybridized carbons (Fsp3) is 0.615. The minimum absolute atomic E-state index is 0.458. The Morgan fingerprint density at radius 3 is 2.61 bits per heavy atom. The summed E-state index contributed by atoms with van der Waals surface area (Å²) >= 11 is 0. The monoisotopic (exact) mass is 249 g/mol. The van der Waals surface area contributed by atoms with E-state index in [2.05, 4.69) is 15.3 Å². The zero-order chi connectivity index (χ0) is 13.0. The molecule has 5 nitrogen and oxygen atoms in total. The van der Waals surface area contributed by atoms with Crippen molar-refractivity contribution in [3.05, 3.63) is 23.8 Å². The third-order valence-corrected chi connectivity index (χ3v) is 3.56. The van der Waals surface area contributed by atoms with Crippen molar-refractivity contribution in [2.24, 2.45) is 0 Å². The van der Waals surface area contributed by atoms with Crippen LogP contribution in [0, 0.1) is 6.92 Å². The number of nitrogens with zero attached hydrogens (tertiary/aromatic N) is 2. The lowest BCUT2D eigenvalue weighted by Gasteiger charge is -2.34. The first-order valence-corrected chi connectivity index (χ1v) is 6.38. The topological polar surface area (TPSA) is 75.1 Å². The van der Waals surface area contributed by atoms with Gasteiger partial charge in [0, 0.05) is 18.9 Å². The first-order valence-electron chi connectivity index (χ1n) is 6.38. The van der Waals surface area contributed by atoms with Gasteiger partial charge in [-0.05, 0) is 19.8 Å². The number of carboxylic acid groups (broad SMARTS) is 1. The number of carbonyl (C=O) groups is 1. The molecule has 0 bridgehead atoms. The van der Waals surface area contributed by atoms with Gasteiger partial charge in [-0.15, -0.1) is 0 Å². The van der Waals surface area contributed by atoms with Crippen molar-refractivity contribution in [3.8, 4) is 0 Å². The predicted octanol–water partition coefficient (Wildman–Crippen LogP) is 1.66. The van der Waals surface area contributed by atoms with Crippen molar-refractivity contribution in [1.82, 2.24) is 15.3 Å². The average Bonchev–Trinajstić information content (AvgIpc) is 2.39. The van der Waals surface area contributed by atoms with E-state index in [4.69, 9.17) is 0 Å². The first-order chi connectivity index (χ1) is 8.62. The summed E-state index contributed by atoms with van der Waals surface area (Å²) in [6, 6.07) is 0. The molecular formula is C13H19N3O2. The minimum Gasteiger partial charge on any atom is -0.480 e. The molecule has 18 heavy (non-hydrogen) atoms. The Bertz CT molecular complexity index is 411. The molecule has 1 saturated carbocycles. The predicted molar refractivity (Wildman–Crippen MR) is 67.1 cm³/mol. The molecule has 1 aromatic heterocycles. The summed E-state index contributed by atoms with van der Waals surface area (Å²) in [4.78, 5) is 19.8. The Morgan fingerprint density at radius 1 is 1.33 bits per heavy atom. The van der Waals surface area contributed by atoms with Gasteiger partial charge in [-0.2, -0.15) is 0 Å². The van der Waals surface area contributed by atoms with E-state index in [1.165, 1.54) is 0 Å². The lowest BCUT2D eigenvalue weighted by atomic mass is 9.81. The molecule has 1 fully saturated rings. The Kier molecular flexibility index (Phi) is 3.91. The molecule has 1 aliphatic carbocycles. The SMILES string of the molecule is Cc1cnc(CNC2(C(=O)O)CCCCC2)cn1. The second-order valence-corrected chi connectivity index (χ2v) is 4.95. The molecule has 2 rings (SSSR count). The Morgan fingerprint density at radius 2 is 2.06 bits per heavy atom. The largest absolute Gasteiger partial charge is 0.480 e. The zero-order valence-electron chi connectivity index (χ0n) is 10.6. The van der Waals surface area contributed by atoms with E-state index in [1.807, 2.05) is 6.92 Å². The van der Waals surface area contributed by atoms with E-state index in [1.54, 1.807) is 12.4 Å². The number of aliphatic carboxylic acids is 1. The maximum Gasteiger partial charge on any atom is 0.323 e. The van der Waals surface area contributed by atoms with Crippen LogP contribution >= 0.6 is 0 Å². The average molecular weight is 249 g/mol. The van der Waals surface area contributed by atoms with E-state index in [0.717, 1.165) is 30.7 Å². The van der Waals surface area contributed by atoms with Crippen LogP contribution in [-0.4, -0.2) is 26.6 Å². The molecule has 0 atom stereocenters. The van der Waals surface area contributed by atoms with Gasteiger partial charge in [0.2, 0.25) is 0 Å². The molecule has 98 valence electrons. The summed E-state index contributed by atoms with van der Waals surface area (Å²) in [6.45, 7) is 2.34. The van der Waals surface area contributed by atoms with Crippen LogP contribution < -0.4 is 5.32 Å². The van der Waals surface area contributed by atoms with E-state index < -0.39 is 11.5 Å². The van der Waals surface area contributed by atoms with Crippen molar-refractivity contribution < 1.29 is 9.90 Å². The molecule has 0 aromatic carbocycles. The van der Waals surface area contributed by atoms with Crippen molar-refractivity contribution in [2.45, 2.75) is 51.1 Å². The molecule has 0 spiro atoms. The minimum atomic E-state index is -0.773. The highest BCUT2D eigenvalue weighted by Gasteiger charge is 2.38. The standard InChI is InChI=1S/C13H19N3O2/c1-10-7-15-11(8-14-10)9-16-13(12(17)18)5-3-2-4-6-13/h7-8,16H,2-6,9H2,1H3,(H,17,18). The molecule has 0 aliphatic heterocycles. The van der Waals surface area contributed by atoms with E-state index >= 15 is 0 Å². The van der Waals surface area contributed by atoms with Crippen LogP contribution in [0.25, 0.3) is 0 Å². The summed E-state index contributed by atoms with van der Waals surface area (Å²) in [6.07, 6.45) is 7.86. The van der Waals surface area contributed by atoms with Crippen molar-refractivity contribution >= 4 is 5.97 Å². The van der Waals surface area contributed by atoms with Gasteiger partial charge in [-0.3, -0.25) is 20.1 Å². The van der Waals surface area contributed by atoms with Gasteiger partial charge in [0.25, 0.3) is 0 Å². The van der Waals surface area contributed by atoms with E-state index in [-0.39, 0.29) is 0 Å². The van der Waals surface area contributed by atoms with Gasteiger partial charge in [0.05, 0.1) is 11.4 Å². The van der Waals surface area contributed by atoms with Crippen LogP contribution in [0.15, 0.2) is 12.4 Å². The molecule has 0 amide bonds. The van der Waals surface area contributed by atoms with Crippen LogP contribution in [0.2, 0.25) is 0 Å². The summed E-state index contributed by atoms with van der Waals surface area (Å²) in [5, 5.41) is 12.6. The van der Waals surface area contributed by atoms with Crippen molar-refractivity contribution in [3.63, 3.8) is 0 Å². The lowest BCUT2D eigenvalue weighted by molar-refractivity contribution is -0.146. The molecular weight excluding hydrogens is 230 g/mol. The molecule has 0 unspecified atom stereocenters. The summed E-state index contributed by atoms with van der Waals surface area (Å²) in [5.41, 5.74) is 0.876. The highest BCUT2D eigenvalue weighted by molar-refractivity contribution is 5.78. The molecule has 0 radical (unpaired) electrons. The zero-order valence-corrected chi connectivity index (χ0v) is 10.6. The molecule has 1 heterocycles. The molecule has 1 aromatic rings. The Labute approximate surface area is 107 Å². The number of carboxylic acids is 1. The number of nitrogens with one attached hydrogen (secondary N) is 1. The number of hydrogen-bond donors (Lipinski definition) is 2. The number of hydrogen-bond acceptors (Lipinski definition) is 4. The van der Waals surface area contributed by atoms with Crippen LogP contribution in [0.4, 0.5) is 0 Å². The number of aromatic nitrogens is 2. The van der Waals surface area contributed by atoms with E-state index in [9.17, 15) is 9.90 Å². The lowest BCUT2D eigenvalue weighted by Crippen LogP contribution is -2.53. The maximum atomic E-state index is 11.5. The van der Waals surface area contributed by atoms with Gasteiger partial charge in [-0.25, -0.2) is 0 Å². The highest BCUT2D eigenvalue weighted by Crippen LogP contribution is 2.28. The van der Waals surface area contributed by atoms with Crippen LogP contribution in [0.1, 0.15) is 43.5 Å². The smallest absolute Gasteiger partial charge is 0.323 e. The summed E-state index contributed by atoms with van der Waals surface area (Å²) < 4.78 is 0. The van der Waals surface area contributed by atoms with Crippen molar-refractivity contribution in [2.75, 3.05) is 0 Å². The van der Waals surface area contributed by atoms with Crippen molar-refractivity contribution in [1.29, 1.82) is 0 Å². The maximum absolute atomic E-state index is 11.5. The fourth-order valence-electron chi connectivity index (χ4n) is 2.39. The Balaban J connectivity index is 2.01. The normalized spacial score (nSPS) is 18.5. The third-order valence-electron chi connectivity index (χ3n) is 3.56. The van der Waals surface area contributed by atoms with Crippen LogP contribution in [0.3, 0.4) is 0 Å². The van der Waals surface area contributed by atoms with E-state index in [0.29, 0.717) is 19.4 Å². The summed E-state index contributed by atoms with van der Waals surface area (Å²) in [5.74, 6) is -0.748. The van der Waals surface area contributed by atoms with Crippen LogP contribution in [0.5, 0.6) is 0 Å². The van der Waals surface area contributed by atoms with Gasteiger partial charge in [-0.1, -0.05) is 19.3 Å². The Hall–Kier alpha value is -1.49.